The number of nitrogens with two attached hydrogens (primary N) is 2. The van der Waals surface area contributed by atoms with E-state index in [1.807, 2.05) is 0 Å². The van der Waals surface area contributed by atoms with Crippen LogP contribution in [0.4, 0.5) is 0 Å². The maximum Gasteiger partial charge on any atom is 0.326 e. The van der Waals surface area contributed by atoms with Crippen LogP contribution in [-0.4, -0.2) is 131 Å². The van der Waals surface area contributed by atoms with Crippen molar-refractivity contribution in [3.8, 4) is 0 Å². The number of aliphatic carboxylic acids is 2. The third kappa shape index (κ3) is 13.7. The molecule has 0 aromatic rings. The first-order valence-electron chi connectivity index (χ1n) is 13.7. The van der Waals surface area contributed by atoms with Gasteiger partial charge >= 0.3 is 11.9 Å². The lowest BCUT2D eigenvalue weighted by atomic mass is 10.1. The fourth-order valence-electron chi connectivity index (χ4n) is 4.12. The van der Waals surface area contributed by atoms with E-state index in [2.05, 4.69) is 38.2 Å². The van der Waals surface area contributed by atoms with Crippen LogP contribution in [0.5, 0.6) is 0 Å². The maximum absolute atomic E-state index is 12.8. The SMILES string of the molecule is C=CC(=O)NCC(=O)N[C@H](CCCN=C(N)N)C(=O)NCC(=O)N[C@H](CC(=O)O)C(=O)N[C@H](CO)C(=O)N1CCC[C@@H]1C(=O)O. The van der Waals surface area contributed by atoms with Gasteiger partial charge in [-0.3, -0.25) is 38.6 Å². The molecule has 0 saturated carbocycles. The quantitative estimate of drug-likeness (QED) is 0.0273. The van der Waals surface area contributed by atoms with Crippen LogP contribution in [0.15, 0.2) is 17.6 Å². The molecule has 4 atom stereocenters. The smallest absolute Gasteiger partial charge is 0.326 e. The van der Waals surface area contributed by atoms with E-state index in [9.17, 15) is 53.7 Å². The van der Waals surface area contributed by atoms with Gasteiger partial charge in [0.1, 0.15) is 24.2 Å². The lowest BCUT2D eigenvalue weighted by molar-refractivity contribution is -0.150. The molecule has 0 radical (unpaired) electrons. The third-order valence-corrected chi connectivity index (χ3v) is 6.28. The topological polar surface area (TPSA) is 325 Å². The highest BCUT2D eigenvalue weighted by molar-refractivity contribution is 5.97. The number of carboxylic acid groups (broad SMARTS) is 2. The van der Waals surface area contributed by atoms with Gasteiger partial charge in [0, 0.05) is 13.1 Å². The first-order chi connectivity index (χ1) is 21.2. The van der Waals surface area contributed by atoms with E-state index in [0.717, 1.165) is 11.0 Å². The number of guanidine groups is 1. The van der Waals surface area contributed by atoms with Crippen LogP contribution in [0.1, 0.15) is 32.1 Å². The van der Waals surface area contributed by atoms with Gasteiger partial charge in [-0.1, -0.05) is 6.58 Å². The molecule has 6 amide bonds. The molecular weight excluding hydrogens is 602 g/mol. The van der Waals surface area contributed by atoms with Crippen molar-refractivity contribution in [2.24, 2.45) is 16.5 Å². The van der Waals surface area contributed by atoms with Crippen LogP contribution in [0.3, 0.4) is 0 Å². The van der Waals surface area contributed by atoms with Gasteiger partial charge in [-0.25, -0.2) is 4.79 Å². The molecule has 12 N–H and O–H groups in total. The molecule has 1 heterocycles. The van der Waals surface area contributed by atoms with Crippen LogP contribution in [0.25, 0.3) is 0 Å². The Kier molecular flexibility index (Phi) is 16.0. The van der Waals surface area contributed by atoms with Crippen molar-refractivity contribution < 1.29 is 53.7 Å². The van der Waals surface area contributed by atoms with Crippen LogP contribution in [-0.2, 0) is 38.4 Å². The number of likely N-dealkylation sites (tertiary alicyclic amines) is 1. The highest BCUT2D eigenvalue weighted by Gasteiger charge is 2.38. The Labute approximate surface area is 257 Å². The Morgan fingerprint density at radius 3 is 2.09 bits per heavy atom. The average molecular weight is 642 g/mol. The first-order valence-corrected chi connectivity index (χ1v) is 13.7. The van der Waals surface area contributed by atoms with Gasteiger partial charge in [0.15, 0.2) is 5.96 Å². The summed E-state index contributed by atoms with van der Waals surface area (Å²) >= 11 is 0. The largest absolute Gasteiger partial charge is 0.481 e. The van der Waals surface area contributed by atoms with E-state index in [0.29, 0.717) is 6.42 Å². The van der Waals surface area contributed by atoms with Gasteiger partial charge < -0.3 is 58.3 Å². The van der Waals surface area contributed by atoms with Crippen molar-refractivity contribution in [1.29, 1.82) is 0 Å². The molecular formula is C25H39N9O11. The number of nitrogens with one attached hydrogen (secondary N) is 5. The molecule has 0 aromatic heterocycles. The van der Waals surface area contributed by atoms with Crippen molar-refractivity contribution >= 4 is 53.3 Å². The molecule has 250 valence electrons. The van der Waals surface area contributed by atoms with Gasteiger partial charge in [-0.2, -0.15) is 0 Å². The molecule has 1 aliphatic rings. The summed E-state index contributed by atoms with van der Waals surface area (Å²) in [6, 6.07) is -5.75. The number of hydrogen-bond acceptors (Lipinski definition) is 10. The maximum atomic E-state index is 12.8. The predicted octanol–water partition coefficient (Wildman–Crippen LogP) is -5.54. The minimum Gasteiger partial charge on any atom is -0.481 e. The summed E-state index contributed by atoms with van der Waals surface area (Å²) in [5.41, 5.74) is 10.5. The van der Waals surface area contributed by atoms with Crippen molar-refractivity contribution in [3.05, 3.63) is 12.7 Å². The Morgan fingerprint density at radius 2 is 1.53 bits per heavy atom. The first kappa shape index (κ1) is 37.8. The van der Waals surface area contributed by atoms with E-state index >= 15 is 0 Å². The molecule has 0 aromatic carbocycles. The number of hydrogen-bond donors (Lipinski definition) is 10. The molecule has 1 fully saturated rings. The molecule has 45 heavy (non-hydrogen) atoms. The van der Waals surface area contributed by atoms with Gasteiger partial charge in [0.05, 0.1) is 26.1 Å². The lowest BCUT2D eigenvalue weighted by Gasteiger charge is -2.27. The Morgan fingerprint density at radius 1 is 0.911 bits per heavy atom. The minimum absolute atomic E-state index is 0.00571. The summed E-state index contributed by atoms with van der Waals surface area (Å²) in [6.45, 7) is 1.22. The number of rotatable bonds is 19. The summed E-state index contributed by atoms with van der Waals surface area (Å²) in [6.07, 6.45) is 0.768. The van der Waals surface area contributed by atoms with Gasteiger partial charge in [0.25, 0.3) is 0 Å². The summed E-state index contributed by atoms with van der Waals surface area (Å²) in [5.74, 6) is -8.28. The highest BCUT2D eigenvalue weighted by atomic mass is 16.4. The van der Waals surface area contributed by atoms with Crippen LogP contribution in [0.2, 0.25) is 0 Å². The molecule has 0 unspecified atom stereocenters. The zero-order chi connectivity index (χ0) is 34.1. The number of aliphatic imine (C=N–C) groups is 1. The van der Waals surface area contributed by atoms with Crippen LogP contribution in [0, 0.1) is 0 Å². The average Bonchev–Trinajstić information content (AvgIpc) is 3.48. The molecule has 0 bridgehead atoms. The fourth-order valence-corrected chi connectivity index (χ4v) is 4.12. The second-order valence-electron chi connectivity index (χ2n) is 9.70. The third-order valence-electron chi connectivity index (χ3n) is 6.28. The zero-order valence-electron chi connectivity index (χ0n) is 24.3. The van der Waals surface area contributed by atoms with Gasteiger partial charge in [-0.05, 0) is 31.8 Å². The minimum atomic E-state index is -1.76. The van der Waals surface area contributed by atoms with Gasteiger partial charge in [-0.15, -0.1) is 0 Å². The summed E-state index contributed by atoms with van der Waals surface area (Å²) < 4.78 is 0. The molecule has 20 heteroatoms. The predicted molar refractivity (Wildman–Crippen MR) is 154 cm³/mol. The number of carbonyl (C=O) groups is 8. The summed E-state index contributed by atoms with van der Waals surface area (Å²) in [5, 5.41) is 39.3. The second-order valence-corrected chi connectivity index (χ2v) is 9.70. The van der Waals surface area contributed by atoms with Crippen LogP contribution < -0.4 is 38.1 Å². The summed E-state index contributed by atoms with van der Waals surface area (Å²) in [4.78, 5) is 102. The standard InChI is InChI=1S/C25H39N9O11/c1-2-17(36)29-10-18(37)31-13(5-3-7-28-25(26)27)21(41)30-11-19(38)32-14(9-20(39)40)22(42)33-15(12-35)23(43)34-8-4-6-16(34)24(44)45/h2,13-16,35H,1,3-12H2,(H,29,36)(H,30,41)(H,31,37)(H,32,38)(H,33,42)(H,39,40)(H,44,45)(H4,26,27,28)/t13-,14-,15-,16-/m1/s1. The summed E-state index contributed by atoms with van der Waals surface area (Å²) in [7, 11) is 0. The molecule has 0 spiro atoms. The van der Waals surface area contributed by atoms with E-state index in [4.69, 9.17) is 11.5 Å². The monoisotopic (exact) mass is 641 g/mol. The second kappa shape index (κ2) is 19.1. The number of nitrogens with zero attached hydrogens (tertiary/aromatic N) is 2. The van der Waals surface area contributed by atoms with E-state index in [1.165, 1.54) is 0 Å². The van der Waals surface area contributed by atoms with E-state index < -0.39 is 97.7 Å². The van der Waals surface area contributed by atoms with E-state index in [1.54, 1.807) is 0 Å². The van der Waals surface area contributed by atoms with Crippen molar-refractivity contribution in [2.75, 3.05) is 32.8 Å². The number of aliphatic hydroxyl groups is 1. The normalized spacial score (nSPS) is 15.8. The van der Waals surface area contributed by atoms with Crippen LogP contribution >= 0.6 is 0 Å². The molecule has 1 rings (SSSR count). The van der Waals surface area contributed by atoms with E-state index in [-0.39, 0.29) is 38.3 Å². The highest BCUT2D eigenvalue weighted by Crippen LogP contribution is 2.18. The zero-order valence-corrected chi connectivity index (χ0v) is 24.3. The fraction of sp³-hybridized carbons (Fsp3) is 0.560. The van der Waals surface area contributed by atoms with Crippen molar-refractivity contribution in [2.45, 2.75) is 56.3 Å². The van der Waals surface area contributed by atoms with Crippen molar-refractivity contribution in [3.63, 3.8) is 0 Å². The molecule has 0 aliphatic carbocycles. The Hall–Kier alpha value is -5.27. The Balaban J connectivity index is 2.86. The molecule has 1 saturated heterocycles. The van der Waals surface area contributed by atoms with Gasteiger partial charge in [0.2, 0.25) is 35.4 Å². The Bertz CT molecular complexity index is 1170. The lowest BCUT2D eigenvalue weighted by Crippen LogP contribution is -2.58. The number of carboxylic acids is 2. The molecule has 1 aliphatic heterocycles. The number of aliphatic hydroxyl groups excluding tert-OH is 1. The number of carbonyl (C=O) groups excluding carboxylic acids is 6. The number of amides is 6. The van der Waals surface area contributed by atoms with Crippen molar-refractivity contribution in [1.82, 2.24) is 31.5 Å². The molecule has 20 nitrogen and oxygen atoms in total.